The average molecular weight is 290 g/mol. The molecule has 1 unspecified atom stereocenters. The fourth-order valence-electron chi connectivity index (χ4n) is 2.55. The summed E-state index contributed by atoms with van der Waals surface area (Å²) in [6, 6.07) is 9.62. The molecule has 0 amide bonds. The molecule has 1 aliphatic heterocycles. The highest BCUT2D eigenvalue weighted by molar-refractivity contribution is 5.21. The summed E-state index contributed by atoms with van der Waals surface area (Å²) in [5.74, 6) is -0.759. The van der Waals surface area contributed by atoms with Crippen LogP contribution in [0.4, 0.5) is 0 Å². The first kappa shape index (κ1) is 16.2. The molecule has 0 bridgehead atoms. The van der Waals surface area contributed by atoms with Crippen molar-refractivity contribution in [2.45, 2.75) is 45.5 Å². The molecule has 1 saturated heterocycles. The molecule has 1 N–H and O–H groups in total. The van der Waals surface area contributed by atoms with Crippen LogP contribution in [0.1, 0.15) is 45.3 Å². The first-order chi connectivity index (χ1) is 9.88. The van der Waals surface area contributed by atoms with Crippen molar-refractivity contribution in [3.63, 3.8) is 0 Å². The summed E-state index contributed by atoms with van der Waals surface area (Å²) in [6.07, 6.45) is 0.561. The lowest BCUT2D eigenvalue weighted by Gasteiger charge is -2.44. The number of ether oxygens (including phenoxy) is 2. The second-order valence-corrected chi connectivity index (χ2v) is 6.58. The molecule has 1 heterocycles. The summed E-state index contributed by atoms with van der Waals surface area (Å²) in [4.78, 5) is 0. The van der Waals surface area contributed by atoms with Gasteiger partial charge in [-0.25, -0.2) is 0 Å². The predicted molar refractivity (Wildman–Crippen MR) is 83.9 cm³/mol. The molecule has 1 aromatic rings. The van der Waals surface area contributed by atoms with Gasteiger partial charge in [0.1, 0.15) is 0 Å². The molecule has 0 spiro atoms. The number of rotatable bonds is 5. The standard InChI is InChI=1S/C18H26O3/c1-5-18(20-12-17(3,4)13-21-18)14(2)11-16(19)15-9-7-6-8-10-15/h6-10,16,19H,2,5,11-13H2,1,3-4H3. The van der Waals surface area contributed by atoms with E-state index in [-0.39, 0.29) is 5.41 Å². The molecule has 0 radical (unpaired) electrons. The number of hydrogen-bond acceptors (Lipinski definition) is 3. The predicted octanol–water partition coefficient (Wildman–Crippen LogP) is 3.85. The number of aliphatic hydroxyl groups excluding tert-OH is 1. The van der Waals surface area contributed by atoms with Crippen LogP contribution in [0.15, 0.2) is 42.5 Å². The topological polar surface area (TPSA) is 38.7 Å². The number of hydrogen-bond donors (Lipinski definition) is 1. The fraction of sp³-hybridized carbons (Fsp3) is 0.556. The van der Waals surface area contributed by atoms with Crippen LogP contribution in [0.25, 0.3) is 0 Å². The third kappa shape index (κ3) is 3.73. The minimum absolute atomic E-state index is 0.0248. The lowest BCUT2D eigenvalue weighted by Crippen LogP contribution is -2.48. The molecule has 1 aliphatic rings. The molecule has 1 aromatic carbocycles. The Hall–Kier alpha value is -1.16. The van der Waals surface area contributed by atoms with Crippen molar-refractivity contribution >= 4 is 0 Å². The lowest BCUT2D eigenvalue weighted by molar-refractivity contribution is -0.280. The highest BCUT2D eigenvalue weighted by atomic mass is 16.7. The Kier molecular flexibility index (Phi) is 4.87. The van der Waals surface area contributed by atoms with E-state index >= 15 is 0 Å². The molecule has 0 aromatic heterocycles. The summed E-state index contributed by atoms with van der Waals surface area (Å²) in [5.41, 5.74) is 1.72. The van der Waals surface area contributed by atoms with Gasteiger partial charge < -0.3 is 14.6 Å². The van der Waals surface area contributed by atoms with Gasteiger partial charge in [-0.2, -0.15) is 0 Å². The quantitative estimate of drug-likeness (QED) is 0.837. The van der Waals surface area contributed by atoms with E-state index in [1.807, 2.05) is 37.3 Å². The molecule has 3 nitrogen and oxygen atoms in total. The zero-order valence-corrected chi connectivity index (χ0v) is 13.3. The molecule has 2 rings (SSSR count). The summed E-state index contributed by atoms with van der Waals surface area (Å²) >= 11 is 0. The van der Waals surface area contributed by atoms with Crippen molar-refractivity contribution in [1.82, 2.24) is 0 Å². The van der Waals surface area contributed by atoms with Gasteiger partial charge in [-0.3, -0.25) is 0 Å². The van der Waals surface area contributed by atoms with Gasteiger partial charge in [-0.05, 0) is 11.1 Å². The molecule has 1 fully saturated rings. The average Bonchev–Trinajstić information content (AvgIpc) is 2.48. The van der Waals surface area contributed by atoms with Crippen LogP contribution in [0.2, 0.25) is 0 Å². The van der Waals surface area contributed by atoms with Crippen LogP contribution < -0.4 is 0 Å². The van der Waals surface area contributed by atoms with Crippen molar-refractivity contribution in [3.05, 3.63) is 48.0 Å². The van der Waals surface area contributed by atoms with E-state index in [0.29, 0.717) is 26.1 Å². The van der Waals surface area contributed by atoms with Gasteiger partial charge in [0.25, 0.3) is 0 Å². The van der Waals surface area contributed by atoms with Gasteiger partial charge in [-0.15, -0.1) is 0 Å². The Morgan fingerprint density at radius 2 is 1.81 bits per heavy atom. The van der Waals surface area contributed by atoms with Crippen molar-refractivity contribution in [1.29, 1.82) is 0 Å². The third-order valence-corrected chi connectivity index (χ3v) is 4.02. The van der Waals surface area contributed by atoms with E-state index in [1.54, 1.807) is 0 Å². The summed E-state index contributed by atoms with van der Waals surface area (Å²) < 4.78 is 12.0. The molecule has 0 aliphatic carbocycles. The summed E-state index contributed by atoms with van der Waals surface area (Å²) in [5, 5.41) is 10.4. The largest absolute Gasteiger partial charge is 0.388 e. The van der Waals surface area contributed by atoms with Gasteiger partial charge in [0.15, 0.2) is 5.79 Å². The molecular weight excluding hydrogens is 264 g/mol. The first-order valence-electron chi connectivity index (χ1n) is 7.58. The summed E-state index contributed by atoms with van der Waals surface area (Å²) in [7, 11) is 0. The van der Waals surface area contributed by atoms with Crippen LogP contribution in [-0.2, 0) is 9.47 Å². The van der Waals surface area contributed by atoms with E-state index in [4.69, 9.17) is 9.47 Å². The van der Waals surface area contributed by atoms with E-state index in [1.165, 1.54) is 0 Å². The Morgan fingerprint density at radius 1 is 1.24 bits per heavy atom. The first-order valence-corrected chi connectivity index (χ1v) is 7.58. The smallest absolute Gasteiger partial charge is 0.190 e. The van der Waals surface area contributed by atoms with E-state index in [2.05, 4.69) is 20.4 Å². The molecule has 21 heavy (non-hydrogen) atoms. The van der Waals surface area contributed by atoms with E-state index in [0.717, 1.165) is 11.1 Å². The van der Waals surface area contributed by atoms with Crippen LogP contribution in [-0.4, -0.2) is 24.1 Å². The zero-order valence-electron chi connectivity index (χ0n) is 13.3. The Balaban J connectivity index is 2.04. The lowest BCUT2D eigenvalue weighted by atomic mass is 9.90. The minimum Gasteiger partial charge on any atom is -0.388 e. The zero-order chi connectivity index (χ0) is 15.5. The van der Waals surface area contributed by atoms with Crippen molar-refractivity contribution < 1.29 is 14.6 Å². The van der Waals surface area contributed by atoms with Crippen LogP contribution in [0, 0.1) is 5.41 Å². The van der Waals surface area contributed by atoms with E-state index in [9.17, 15) is 5.11 Å². The Labute approximate surface area is 127 Å². The SMILES string of the molecule is C=C(CC(O)c1ccccc1)C1(CC)OCC(C)(C)CO1. The second-order valence-electron chi connectivity index (χ2n) is 6.58. The van der Waals surface area contributed by atoms with Crippen LogP contribution >= 0.6 is 0 Å². The maximum absolute atomic E-state index is 10.4. The van der Waals surface area contributed by atoms with E-state index < -0.39 is 11.9 Å². The van der Waals surface area contributed by atoms with Gasteiger partial charge in [0, 0.05) is 18.3 Å². The van der Waals surface area contributed by atoms with Gasteiger partial charge in [0.05, 0.1) is 19.3 Å². The summed E-state index contributed by atoms with van der Waals surface area (Å²) in [6.45, 7) is 11.7. The van der Waals surface area contributed by atoms with Gasteiger partial charge >= 0.3 is 0 Å². The second kappa shape index (κ2) is 6.30. The van der Waals surface area contributed by atoms with Gasteiger partial charge in [-0.1, -0.05) is 57.7 Å². The third-order valence-electron chi connectivity index (χ3n) is 4.02. The molecule has 0 saturated carbocycles. The minimum atomic E-state index is -0.759. The van der Waals surface area contributed by atoms with Crippen molar-refractivity contribution in [2.24, 2.45) is 5.41 Å². The molecule has 1 atom stereocenters. The number of benzene rings is 1. The highest BCUT2D eigenvalue weighted by Gasteiger charge is 2.41. The van der Waals surface area contributed by atoms with Crippen molar-refractivity contribution in [2.75, 3.05) is 13.2 Å². The highest BCUT2D eigenvalue weighted by Crippen LogP contribution is 2.38. The van der Waals surface area contributed by atoms with Crippen LogP contribution in [0.3, 0.4) is 0 Å². The molecular formula is C18H26O3. The van der Waals surface area contributed by atoms with Crippen molar-refractivity contribution in [3.8, 4) is 0 Å². The fourth-order valence-corrected chi connectivity index (χ4v) is 2.55. The Bertz CT molecular complexity index is 468. The maximum Gasteiger partial charge on any atom is 0.190 e. The molecule has 3 heteroatoms. The van der Waals surface area contributed by atoms with Crippen LogP contribution in [0.5, 0.6) is 0 Å². The normalized spacial score (nSPS) is 21.7. The maximum atomic E-state index is 10.4. The number of aliphatic hydroxyl groups is 1. The Morgan fingerprint density at radius 3 is 2.33 bits per heavy atom. The van der Waals surface area contributed by atoms with Gasteiger partial charge in [0.2, 0.25) is 0 Å². The monoisotopic (exact) mass is 290 g/mol. The molecule has 116 valence electrons.